The van der Waals surface area contributed by atoms with Gasteiger partial charge in [0.25, 0.3) is 0 Å². The number of para-hydroxylation sites is 1. The van der Waals surface area contributed by atoms with Crippen LogP contribution in [-0.4, -0.2) is 19.4 Å². The molecule has 116 valence electrons. The Morgan fingerprint density at radius 3 is 2.39 bits per heavy atom. The molecular formula is C16H13N3O3S. The van der Waals surface area contributed by atoms with E-state index >= 15 is 0 Å². The Bertz CT molecular complexity index is 983. The number of sulfone groups is 1. The first-order valence-corrected chi connectivity index (χ1v) is 8.21. The molecule has 7 heteroatoms. The van der Waals surface area contributed by atoms with Crippen LogP contribution in [0.2, 0.25) is 0 Å². The fourth-order valence-electron chi connectivity index (χ4n) is 2.19. The maximum Gasteiger partial charge on any atom is 0.316 e. The highest BCUT2D eigenvalue weighted by molar-refractivity contribution is 7.91. The van der Waals surface area contributed by atoms with Gasteiger partial charge in [-0.05, 0) is 36.4 Å². The standard InChI is InChI=1S/C16H13N3O3S/c17-16(20)19-12-5-7-13(8-6-12)23(21,22)14-9-11-3-1-2-4-15(11)18-10-14/h1-10H,(H3,17,19,20). The second-order valence-electron chi connectivity index (χ2n) is 4.88. The number of nitrogens with zero attached hydrogens (tertiary/aromatic N) is 1. The summed E-state index contributed by atoms with van der Waals surface area (Å²) in [5.74, 6) is 0. The van der Waals surface area contributed by atoms with E-state index in [1.807, 2.05) is 18.2 Å². The number of primary amides is 1. The molecule has 0 saturated heterocycles. The van der Waals surface area contributed by atoms with Crippen molar-refractivity contribution in [2.45, 2.75) is 9.79 Å². The van der Waals surface area contributed by atoms with E-state index in [1.165, 1.54) is 30.5 Å². The molecule has 1 heterocycles. The fraction of sp³-hybridized carbons (Fsp3) is 0. The number of anilines is 1. The van der Waals surface area contributed by atoms with Crippen molar-refractivity contribution < 1.29 is 13.2 Å². The van der Waals surface area contributed by atoms with Gasteiger partial charge in [0, 0.05) is 17.3 Å². The molecule has 0 atom stereocenters. The zero-order chi connectivity index (χ0) is 16.4. The first kappa shape index (κ1) is 15.0. The van der Waals surface area contributed by atoms with Gasteiger partial charge in [-0.1, -0.05) is 18.2 Å². The van der Waals surface area contributed by atoms with Crippen molar-refractivity contribution in [3.05, 3.63) is 60.8 Å². The summed E-state index contributed by atoms with van der Waals surface area (Å²) in [5.41, 5.74) is 6.17. The summed E-state index contributed by atoms with van der Waals surface area (Å²) in [6.07, 6.45) is 1.34. The van der Waals surface area contributed by atoms with E-state index < -0.39 is 15.9 Å². The van der Waals surface area contributed by atoms with Crippen molar-refractivity contribution in [2.24, 2.45) is 5.73 Å². The lowest BCUT2D eigenvalue weighted by atomic mass is 10.2. The summed E-state index contributed by atoms with van der Waals surface area (Å²) in [6.45, 7) is 0. The maximum atomic E-state index is 12.7. The largest absolute Gasteiger partial charge is 0.351 e. The Hall–Kier alpha value is -2.93. The molecule has 0 fully saturated rings. The van der Waals surface area contributed by atoms with Crippen LogP contribution in [0, 0.1) is 0 Å². The first-order valence-electron chi connectivity index (χ1n) is 6.73. The van der Waals surface area contributed by atoms with Crippen molar-refractivity contribution in [1.82, 2.24) is 4.98 Å². The molecule has 0 aliphatic heterocycles. The number of fused-ring (bicyclic) bond motifs is 1. The normalized spacial score (nSPS) is 11.3. The lowest BCUT2D eigenvalue weighted by Crippen LogP contribution is -2.19. The Morgan fingerprint density at radius 1 is 1.00 bits per heavy atom. The molecule has 3 aromatic rings. The zero-order valence-electron chi connectivity index (χ0n) is 11.9. The number of aromatic nitrogens is 1. The second-order valence-corrected chi connectivity index (χ2v) is 6.83. The number of rotatable bonds is 3. The van der Waals surface area contributed by atoms with Crippen LogP contribution in [0.15, 0.2) is 70.6 Å². The molecule has 0 spiro atoms. The lowest BCUT2D eigenvalue weighted by molar-refractivity contribution is 0.259. The second kappa shape index (κ2) is 5.69. The van der Waals surface area contributed by atoms with Crippen molar-refractivity contribution in [3.63, 3.8) is 0 Å². The SMILES string of the molecule is NC(=O)Nc1ccc(S(=O)(=O)c2cnc3ccccc3c2)cc1. The van der Waals surface area contributed by atoms with Gasteiger partial charge in [-0.15, -0.1) is 0 Å². The van der Waals surface area contributed by atoms with Gasteiger partial charge in [0.15, 0.2) is 0 Å². The summed E-state index contributed by atoms with van der Waals surface area (Å²) >= 11 is 0. The van der Waals surface area contributed by atoms with E-state index in [0.29, 0.717) is 5.69 Å². The van der Waals surface area contributed by atoms with Crippen LogP contribution in [0.1, 0.15) is 0 Å². The summed E-state index contributed by atoms with van der Waals surface area (Å²) in [4.78, 5) is 15.2. The van der Waals surface area contributed by atoms with Gasteiger partial charge in [0.2, 0.25) is 9.84 Å². The number of urea groups is 1. The molecule has 0 aliphatic carbocycles. The van der Waals surface area contributed by atoms with Gasteiger partial charge in [0.05, 0.1) is 15.3 Å². The maximum absolute atomic E-state index is 12.7. The summed E-state index contributed by atoms with van der Waals surface area (Å²) in [6, 6.07) is 14.0. The minimum Gasteiger partial charge on any atom is -0.351 e. The van der Waals surface area contributed by atoms with Gasteiger partial charge < -0.3 is 11.1 Å². The highest BCUT2D eigenvalue weighted by Gasteiger charge is 2.18. The molecule has 0 aliphatic rings. The summed E-state index contributed by atoms with van der Waals surface area (Å²) < 4.78 is 25.3. The number of pyridine rings is 1. The number of carbonyl (C=O) groups is 1. The number of hydrogen-bond donors (Lipinski definition) is 2. The molecular weight excluding hydrogens is 314 g/mol. The molecule has 3 N–H and O–H groups in total. The minimum absolute atomic E-state index is 0.115. The van der Waals surface area contributed by atoms with E-state index in [0.717, 1.165) is 10.9 Å². The van der Waals surface area contributed by atoms with Crippen LogP contribution in [-0.2, 0) is 9.84 Å². The quantitative estimate of drug-likeness (QED) is 0.771. The molecule has 6 nitrogen and oxygen atoms in total. The summed E-state index contributed by atoms with van der Waals surface area (Å²) in [7, 11) is -3.68. The number of benzene rings is 2. The van der Waals surface area contributed by atoms with Crippen LogP contribution in [0.5, 0.6) is 0 Å². The predicted molar refractivity (Wildman–Crippen MR) is 86.8 cm³/mol. The van der Waals surface area contributed by atoms with Gasteiger partial charge in [-0.3, -0.25) is 4.98 Å². The first-order chi connectivity index (χ1) is 11.0. The van der Waals surface area contributed by atoms with E-state index in [4.69, 9.17) is 5.73 Å². The molecule has 3 rings (SSSR count). The van der Waals surface area contributed by atoms with Crippen molar-refractivity contribution in [1.29, 1.82) is 0 Å². The van der Waals surface area contributed by atoms with Crippen molar-refractivity contribution >= 4 is 32.5 Å². The smallest absolute Gasteiger partial charge is 0.316 e. The monoisotopic (exact) mass is 327 g/mol. The molecule has 0 unspecified atom stereocenters. The lowest BCUT2D eigenvalue weighted by Gasteiger charge is -2.07. The van der Waals surface area contributed by atoms with Crippen molar-refractivity contribution in [3.8, 4) is 0 Å². The van der Waals surface area contributed by atoms with Crippen LogP contribution in [0.4, 0.5) is 10.5 Å². The molecule has 2 amide bonds. The Labute approximate surface area is 132 Å². The highest BCUT2D eigenvalue weighted by Crippen LogP contribution is 2.24. The van der Waals surface area contributed by atoms with Gasteiger partial charge in [0.1, 0.15) is 0 Å². The molecule has 23 heavy (non-hydrogen) atoms. The third-order valence-corrected chi connectivity index (χ3v) is 5.04. The van der Waals surface area contributed by atoms with E-state index in [-0.39, 0.29) is 9.79 Å². The number of amides is 2. The Kier molecular flexibility index (Phi) is 3.71. The average molecular weight is 327 g/mol. The molecule has 0 radical (unpaired) electrons. The fourth-order valence-corrected chi connectivity index (χ4v) is 3.43. The number of nitrogens with two attached hydrogens (primary N) is 1. The Balaban J connectivity index is 2.00. The third kappa shape index (κ3) is 3.00. The molecule has 1 aromatic heterocycles. The van der Waals surface area contributed by atoms with E-state index in [1.54, 1.807) is 12.1 Å². The highest BCUT2D eigenvalue weighted by atomic mass is 32.2. The topological polar surface area (TPSA) is 102 Å². The molecule has 2 aromatic carbocycles. The van der Waals surface area contributed by atoms with Gasteiger partial charge >= 0.3 is 6.03 Å². The Morgan fingerprint density at radius 2 is 1.70 bits per heavy atom. The van der Waals surface area contributed by atoms with E-state index in [2.05, 4.69) is 10.3 Å². The van der Waals surface area contributed by atoms with Crippen LogP contribution >= 0.6 is 0 Å². The number of nitrogens with one attached hydrogen (secondary N) is 1. The minimum atomic E-state index is -3.68. The van der Waals surface area contributed by atoms with Crippen LogP contribution in [0.25, 0.3) is 10.9 Å². The van der Waals surface area contributed by atoms with E-state index in [9.17, 15) is 13.2 Å². The molecule has 0 saturated carbocycles. The summed E-state index contributed by atoms with van der Waals surface area (Å²) in [5, 5.41) is 3.13. The van der Waals surface area contributed by atoms with Gasteiger partial charge in [-0.2, -0.15) is 0 Å². The predicted octanol–water partition coefficient (Wildman–Crippen LogP) is 2.56. The number of carbonyl (C=O) groups excluding carboxylic acids is 1. The number of hydrogen-bond acceptors (Lipinski definition) is 4. The molecule has 0 bridgehead atoms. The third-order valence-electron chi connectivity index (χ3n) is 3.31. The van der Waals surface area contributed by atoms with Crippen LogP contribution in [0.3, 0.4) is 0 Å². The van der Waals surface area contributed by atoms with Gasteiger partial charge in [-0.25, -0.2) is 13.2 Å². The van der Waals surface area contributed by atoms with Crippen LogP contribution < -0.4 is 11.1 Å². The van der Waals surface area contributed by atoms with Crippen molar-refractivity contribution in [2.75, 3.05) is 5.32 Å². The average Bonchev–Trinajstić information content (AvgIpc) is 2.54. The zero-order valence-corrected chi connectivity index (χ0v) is 12.7.